The average molecular weight is 364 g/mol. The number of rotatable bonds is 5. The number of nitrogens with one attached hydrogen (secondary N) is 1. The molecule has 0 bridgehead atoms. The van der Waals surface area contributed by atoms with Crippen molar-refractivity contribution in [1.29, 1.82) is 0 Å². The van der Waals surface area contributed by atoms with Crippen LogP contribution in [-0.2, 0) is 0 Å². The molecule has 19 heavy (non-hydrogen) atoms. The van der Waals surface area contributed by atoms with Gasteiger partial charge in [-0.15, -0.1) is 0 Å². The van der Waals surface area contributed by atoms with E-state index in [4.69, 9.17) is 29.6 Å². The Kier molecular flexibility index (Phi) is 5.77. The molecule has 0 aliphatic heterocycles. The lowest BCUT2D eigenvalue weighted by Gasteiger charge is -2.31. The second-order valence-corrected chi connectivity index (χ2v) is 5.99. The molecule has 0 spiro atoms. The van der Waals surface area contributed by atoms with Gasteiger partial charge in [0.1, 0.15) is 0 Å². The summed E-state index contributed by atoms with van der Waals surface area (Å²) in [4.78, 5) is 12.6. The molecule has 0 aliphatic rings. The maximum atomic E-state index is 12.3. The van der Waals surface area contributed by atoms with E-state index in [1.54, 1.807) is 18.2 Å². The molecule has 0 atom stereocenters. The minimum Gasteiger partial charge on any atom is -0.391 e. The first-order chi connectivity index (χ1) is 8.86. The molecule has 1 amide bonds. The Morgan fingerprint density at radius 3 is 2.47 bits per heavy atom. The summed E-state index contributed by atoms with van der Waals surface area (Å²) in [6.07, 6.45) is 1.28. The van der Waals surface area contributed by atoms with Crippen LogP contribution in [0.5, 0.6) is 0 Å². The molecule has 1 aromatic carbocycles. The molecule has 0 heterocycles. The minimum atomic E-state index is -0.664. The van der Waals surface area contributed by atoms with Gasteiger partial charge in [-0.3, -0.25) is 4.79 Å². The van der Waals surface area contributed by atoms with E-state index in [-0.39, 0.29) is 5.91 Å². The van der Waals surface area contributed by atoms with Crippen molar-refractivity contribution in [3.8, 4) is 0 Å². The molecule has 0 saturated carbocycles. The first-order valence-electron chi connectivity index (χ1n) is 5.93. The molecule has 0 saturated heterocycles. The van der Waals surface area contributed by atoms with Crippen LogP contribution >= 0.6 is 39.7 Å². The van der Waals surface area contributed by atoms with Gasteiger partial charge in [0.15, 0.2) is 0 Å². The van der Waals surface area contributed by atoms with Gasteiger partial charge in [-0.05, 0) is 31.0 Å². The van der Waals surface area contributed by atoms with Crippen LogP contribution in [0.2, 0.25) is 5.02 Å². The summed E-state index contributed by atoms with van der Waals surface area (Å²) in [6.45, 7) is 3.87. The maximum Gasteiger partial charge on any atom is 0.253 e. The molecule has 0 radical (unpaired) electrons. The van der Waals surface area contributed by atoms with E-state index in [9.17, 15) is 4.79 Å². The maximum absolute atomic E-state index is 12.3. The number of carbonyl (C=O) groups excluding carboxylic acids is 1. The third-order valence-electron chi connectivity index (χ3n) is 3.21. The average Bonchev–Trinajstić information content (AvgIpc) is 2.35. The fraction of sp³-hybridized carbons (Fsp3) is 0.385. The first-order valence-corrected chi connectivity index (χ1v) is 7.51. The number of amides is 1. The molecule has 0 unspecified atom stereocenters. The van der Waals surface area contributed by atoms with Crippen molar-refractivity contribution in [1.82, 2.24) is 5.32 Å². The van der Waals surface area contributed by atoms with Gasteiger partial charge in [-0.25, -0.2) is 0 Å². The van der Waals surface area contributed by atoms with E-state index in [0.717, 1.165) is 4.47 Å². The fourth-order valence-corrected chi connectivity index (χ4v) is 2.89. The van der Waals surface area contributed by atoms with Crippen molar-refractivity contribution in [3.05, 3.63) is 33.3 Å². The van der Waals surface area contributed by atoms with Gasteiger partial charge in [0.25, 0.3) is 5.91 Å². The fourth-order valence-electron chi connectivity index (χ4n) is 1.80. The summed E-state index contributed by atoms with van der Waals surface area (Å²) in [5.41, 5.74) is 5.50. The van der Waals surface area contributed by atoms with Crippen molar-refractivity contribution >= 4 is 50.6 Å². The van der Waals surface area contributed by atoms with Gasteiger partial charge >= 0.3 is 0 Å². The Bertz CT molecular complexity index is 503. The van der Waals surface area contributed by atoms with Crippen LogP contribution in [0, 0.1) is 0 Å². The molecular weight excluding hydrogens is 348 g/mol. The number of hydrogen-bond acceptors (Lipinski definition) is 2. The molecule has 6 heteroatoms. The predicted molar refractivity (Wildman–Crippen MR) is 86.7 cm³/mol. The molecule has 1 rings (SSSR count). The SMILES string of the molecule is CCC(CC)(NC(=O)c1ccc(Br)cc1Cl)C(N)=S. The Labute approximate surface area is 132 Å². The van der Waals surface area contributed by atoms with Crippen LogP contribution in [0.15, 0.2) is 22.7 Å². The van der Waals surface area contributed by atoms with Gasteiger partial charge in [0, 0.05) is 4.47 Å². The van der Waals surface area contributed by atoms with Gasteiger partial charge in [0.05, 0.1) is 21.1 Å². The third-order valence-corrected chi connectivity index (χ3v) is 4.40. The Morgan fingerprint density at radius 1 is 1.47 bits per heavy atom. The van der Waals surface area contributed by atoms with Crippen LogP contribution in [-0.4, -0.2) is 16.4 Å². The number of benzene rings is 1. The van der Waals surface area contributed by atoms with Gasteiger partial charge in [-0.2, -0.15) is 0 Å². The van der Waals surface area contributed by atoms with Gasteiger partial charge in [0.2, 0.25) is 0 Å². The van der Waals surface area contributed by atoms with Crippen LogP contribution in [0.1, 0.15) is 37.0 Å². The van der Waals surface area contributed by atoms with E-state index in [2.05, 4.69) is 21.2 Å². The van der Waals surface area contributed by atoms with Gasteiger partial charge < -0.3 is 11.1 Å². The molecule has 104 valence electrons. The lowest BCUT2D eigenvalue weighted by Crippen LogP contribution is -2.56. The first kappa shape index (κ1) is 16.4. The highest BCUT2D eigenvalue weighted by Gasteiger charge is 2.32. The van der Waals surface area contributed by atoms with Crippen molar-refractivity contribution < 1.29 is 4.79 Å². The second kappa shape index (κ2) is 6.68. The Hall–Kier alpha value is -0.650. The zero-order valence-corrected chi connectivity index (χ0v) is 14.0. The Balaban J connectivity index is 3.04. The monoisotopic (exact) mass is 362 g/mol. The molecule has 0 aromatic heterocycles. The number of carbonyl (C=O) groups is 1. The van der Waals surface area contributed by atoms with E-state index in [1.807, 2.05) is 13.8 Å². The van der Waals surface area contributed by atoms with Crippen molar-refractivity contribution in [2.75, 3.05) is 0 Å². The van der Waals surface area contributed by atoms with Crippen LogP contribution in [0.3, 0.4) is 0 Å². The van der Waals surface area contributed by atoms with Crippen molar-refractivity contribution in [3.63, 3.8) is 0 Å². The number of hydrogen-bond donors (Lipinski definition) is 2. The Morgan fingerprint density at radius 2 is 2.05 bits per heavy atom. The number of halogens is 2. The number of nitrogens with two attached hydrogens (primary N) is 1. The zero-order valence-electron chi connectivity index (χ0n) is 10.8. The molecule has 0 aliphatic carbocycles. The lowest BCUT2D eigenvalue weighted by molar-refractivity contribution is 0.0920. The molecular formula is C13H16BrClN2OS. The zero-order chi connectivity index (χ0) is 14.6. The van der Waals surface area contributed by atoms with Crippen LogP contribution in [0.4, 0.5) is 0 Å². The van der Waals surface area contributed by atoms with E-state index in [1.165, 1.54) is 0 Å². The second-order valence-electron chi connectivity index (χ2n) is 4.23. The van der Waals surface area contributed by atoms with Crippen molar-refractivity contribution in [2.24, 2.45) is 5.73 Å². The van der Waals surface area contributed by atoms with Crippen LogP contribution < -0.4 is 11.1 Å². The standard InChI is InChI=1S/C13H16BrClN2OS/c1-3-13(4-2,12(16)19)17-11(18)9-6-5-8(14)7-10(9)15/h5-7H,3-4H2,1-2H3,(H2,16,19)(H,17,18). The summed E-state index contributed by atoms with van der Waals surface area (Å²) in [7, 11) is 0. The largest absolute Gasteiger partial charge is 0.391 e. The van der Waals surface area contributed by atoms with Gasteiger partial charge in [-0.1, -0.05) is 53.6 Å². The highest BCUT2D eigenvalue weighted by molar-refractivity contribution is 9.10. The van der Waals surface area contributed by atoms with E-state index >= 15 is 0 Å². The molecule has 1 aromatic rings. The molecule has 3 N–H and O–H groups in total. The highest BCUT2D eigenvalue weighted by atomic mass is 79.9. The summed E-state index contributed by atoms with van der Waals surface area (Å²) >= 11 is 14.4. The summed E-state index contributed by atoms with van der Waals surface area (Å²) < 4.78 is 0.820. The van der Waals surface area contributed by atoms with E-state index in [0.29, 0.717) is 28.4 Å². The van der Waals surface area contributed by atoms with Crippen molar-refractivity contribution in [2.45, 2.75) is 32.2 Å². The van der Waals surface area contributed by atoms with Crippen LogP contribution in [0.25, 0.3) is 0 Å². The molecule has 3 nitrogen and oxygen atoms in total. The van der Waals surface area contributed by atoms with E-state index < -0.39 is 5.54 Å². The minimum absolute atomic E-state index is 0.269. The summed E-state index contributed by atoms with van der Waals surface area (Å²) in [5, 5.41) is 3.29. The summed E-state index contributed by atoms with van der Waals surface area (Å²) in [6, 6.07) is 5.11. The third kappa shape index (κ3) is 3.68. The quantitative estimate of drug-likeness (QED) is 0.785. The summed E-state index contributed by atoms with van der Waals surface area (Å²) in [5.74, 6) is -0.269. The molecule has 0 fully saturated rings. The predicted octanol–water partition coefficient (Wildman–Crippen LogP) is 3.68. The topological polar surface area (TPSA) is 55.1 Å². The lowest BCUT2D eigenvalue weighted by atomic mass is 9.92. The highest BCUT2D eigenvalue weighted by Crippen LogP contribution is 2.23. The smallest absolute Gasteiger partial charge is 0.253 e. The normalized spacial score (nSPS) is 11.2. The number of thiocarbonyl (C=S) groups is 1.